The fraction of sp³-hybridized carbons (Fsp3) is 1.00. The lowest BCUT2D eigenvalue weighted by atomic mass is 9.96. The highest BCUT2D eigenvalue weighted by Crippen LogP contribution is 2.32. The largest absolute Gasteiger partial charge is 0.309 e. The van der Waals surface area contributed by atoms with Crippen LogP contribution in [0.3, 0.4) is 0 Å². The van der Waals surface area contributed by atoms with Gasteiger partial charge in [0.15, 0.2) is 0 Å². The summed E-state index contributed by atoms with van der Waals surface area (Å²) in [5.41, 5.74) is -0.634. The summed E-state index contributed by atoms with van der Waals surface area (Å²) in [6.07, 6.45) is -0.0924. The molecular weight excluding hydrogens is 257 g/mol. The molecule has 0 heterocycles. The van der Waals surface area contributed by atoms with Gasteiger partial charge in [0.1, 0.15) is 0 Å². The van der Waals surface area contributed by atoms with E-state index in [1.165, 1.54) is 0 Å². The molecule has 0 aliphatic heterocycles. The SMILES string of the molecule is CN(C)CCC(F)(F)CCC(C)(C)N(Cl)Cl. The first-order valence-corrected chi connectivity index (χ1v) is 5.89. The molecule has 0 spiro atoms. The Balaban J connectivity index is 4.07. The second-order valence-corrected chi connectivity index (χ2v) is 5.80. The fourth-order valence-electron chi connectivity index (χ4n) is 1.09. The smallest absolute Gasteiger partial charge is 0.249 e. The lowest BCUT2D eigenvalue weighted by Crippen LogP contribution is -2.34. The zero-order valence-corrected chi connectivity index (χ0v) is 11.7. The Labute approximate surface area is 107 Å². The molecule has 16 heavy (non-hydrogen) atoms. The van der Waals surface area contributed by atoms with Gasteiger partial charge in [0.25, 0.3) is 0 Å². The molecule has 0 atom stereocenters. The summed E-state index contributed by atoms with van der Waals surface area (Å²) in [6.45, 7) is 3.84. The van der Waals surface area contributed by atoms with Crippen LogP contribution < -0.4 is 0 Å². The first-order chi connectivity index (χ1) is 7.07. The summed E-state index contributed by atoms with van der Waals surface area (Å²) in [5, 5.41) is 0. The Morgan fingerprint density at radius 2 is 1.50 bits per heavy atom. The lowest BCUT2D eigenvalue weighted by Gasteiger charge is -2.29. The summed E-state index contributed by atoms with van der Waals surface area (Å²) >= 11 is 11.1. The normalized spacial score (nSPS) is 13.9. The third-order valence-electron chi connectivity index (χ3n) is 2.48. The van der Waals surface area contributed by atoms with Gasteiger partial charge in [-0.1, -0.05) is 0 Å². The van der Waals surface area contributed by atoms with E-state index in [0.29, 0.717) is 6.54 Å². The van der Waals surface area contributed by atoms with Crippen LogP contribution in [-0.2, 0) is 0 Å². The topological polar surface area (TPSA) is 6.48 Å². The predicted molar refractivity (Wildman–Crippen MR) is 65.0 cm³/mol. The molecule has 98 valence electrons. The van der Waals surface area contributed by atoms with Crippen molar-refractivity contribution < 1.29 is 8.78 Å². The summed E-state index contributed by atoms with van der Waals surface area (Å²) in [4.78, 5) is 1.74. The van der Waals surface area contributed by atoms with Gasteiger partial charge in [0.2, 0.25) is 5.92 Å². The van der Waals surface area contributed by atoms with Crippen molar-refractivity contribution in [3.63, 3.8) is 0 Å². The Morgan fingerprint density at radius 3 is 1.88 bits per heavy atom. The third-order valence-corrected chi connectivity index (χ3v) is 3.40. The van der Waals surface area contributed by atoms with Gasteiger partial charge in [0.05, 0.1) is 0 Å². The van der Waals surface area contributed by atoms with Gasteiger partial charge >= 0.3 is 0 Å². The molecule has 0 amide bonds. The molecule has 0 aromatic carbocycles. The van der Waals surface area contributed by atoms with Gasteiger partial charge in [-0.15, -0.1) is 3.94 Å². The molecule has 2 nitrogen and oxygen atoms in total. The fourth-order valence-corrected chi connectivity index (χ4v) is 1.25. The highest BCUT2D eigenvalue weighted by atomic mass is 35.5. The van der Waals surface area contributed by atoms with Gasteiger partial charge in [-0.25, -0.2) is 8.78 Å². The van der Waals surface area contributed by atoms with E-state index in [0.717, 1.165) is 3.94 Å². The molecule has 0 saturated heterocycles. The molecule has 0 radical (unpaired) electrons. The molecule has 0 aromatic heterocycles. The van der Waals surface area contributed by atoms with Crippen LogP contribution in [0.4, 0.5) is 8.78 Å². The van der Waals surface area contributed by atoms with Crippen molar-refractivity contribution in [3.8, 4) is 0 Å². The van der Waals surface area contributed by atoms with Crippen molar-refractivity contribution in [2.24, 2.45) is 0 Å². The molecular formula is C10H20Cl2F2N2. The molecule has 0 aliphatic carbocycles. The summed E-state index contributed by atoms with van der Waals surface area (Å²) in [7, 11) is 3.55. The minimum absolute atomic E-state index is 0.138. The van der Waals surface area contributed by atoms with Crippen LogP contribution in [0, 0.1) is 0 Å². The third kappa shape index (κ3) is 6.84. The maximum atomic E-state index is 13.4. The van der Waals surface area contributed by atoms with Gasteiger partial charge in [-0.05, 0) is 57.9 Å². The second-order valence-electron chi connectivity index (χ2n) is 4.95. The minimum atomic E-state index is -2.66. The van der Waals surface area contributed by atoms with Crippen molar-refractivity contribution in [1.29, 1.82) is 0 Å². The standard InChI is InChI=1S/C10H20Cl2F2N2/c1-9(2,16(11)12)5-6-10(13,14)7-8-15(3)4/h5-8H2,1-4H3. The van der Waals surface area contributed by atoms with Crippen molar-refractivity contribution in [2.75, 3.05) is 20.6 Å². The molecule has 0 saturated carbocycles. The number of hydrogen-bond donors (Lipinski definition) is 0. The van der Waals surface area contributed by atoms with E-state index in [1.807, 2.05) is 0 Å². The van der Waals surface area contributed by atoms with E-state index in [-0.39, 0.29) is 19.3 Å². The Hall–Kier alpha value is 0.360. The van der Waals surface area contributed by atoms with Crippen LogP contribution in [0.25, 0.3) is 0 Å². The maximum Gasteiger partial charge on any atom is 0.249 e. The first-order valence-electron chi connectivity index (χ1n) is 5.21. The van der Waals surface area contributed by atoms with E-state index in [4.69, 9.17) is 23.6 Å². The molecule has 0 unspecified atom stereocenters. The quantitative estimate of drug-likeness (QED) is 0.654. The van der Waals surface area contributed by atoms with E-state index in [9.17, 15) is 8.78 Å². The molecule has 0 fully saturated rings. The highest BCUT2D eigenvalue weighted by Gasteiger charge is 2.33. The van der Waals surface area contributed by atoms with Gasteiger partial charge in [-0.2, -0.15) is 0 Å². The van der Waals surface area contributed by atoms with Crippen LogP contribution in [0.5, 0.6) is 0 Å². The number of alkyl halides is 2. The number of halogens is 4. The average Bonchev–Trinajstić information content (AvgIpc) is 2.12. The van der Waals surface area contributed by atoms with E-state index in [2.05, 4.69) is 0 Å². The molecule has 6 heteroatoms. The maximum absolute atomic E-state index is 13.4. The zero-order valence-electron chi connectivity index (χ0n) is 10.2. The van der Waals surface area contributed by atoms with Crippen molar-refractivity contribution >= 4 is 23.6 Å². The number of hydrogen-bond acceptors (Lipinski definition) is 2. The van der Waals surface area contributed by atoms with Gasteiger partial charge in [-0.3, -0.25) is 0 Å². The predicted octanol–water partition coefficient (Wildman–Crippen LogP) is 3.74. The van der Waals surface area contributed by atoms with Gasteiger partial charge in [0, 0.05) is 24.9 Å². The molecule has 0 aromatic rings. The monoisotopic (exact) mass is 276 g/mol. The van der Waals surface area contributed by atoms with Crippen LogP contribution >= 0.6 is 23.6 Å². The Kier molecular flexibility index (Phi) is 6.48. The first kappa shape index (κ1) is 16.4. The summed E-state index contributed by atoms with van der Waals surface area (Å²) in [5.74, 6) is -2.66. The van der Waals surface area contributed by atoms with Crippen LogP contribution in [0.2, 0.25) is 0 Å². The van der Waals surface area contributed by atoms with E-state index >= 15 is 0 Å². The van der Waals surface area contributed by atoms with E-state index < -0.39 is 11.5 Å². The molecule has 0 N–H and O–H groups in total. The number of rotatable bonds is 7. The van der Waals surface area contributed by atoms with Crippen LogP contribution in [0.1, 0.15) is 33.1 Å². The molecule has 0 aliphatic rings. The Morgan fingerprint density at radius 1 is 1.00 bits per heavy atom. The van der Waals surface area contributed by atoms with Crippen molar-refractivity contribution in [2.45, 2.75) is 44.6 Å². The van der Waals surface area contributed by atoms with Crippen LogP contribution in [-0.4, -0.2) is 40.9 Å². The minimum Gasteiger partial charge on any atom is -0.309 e. The molecule has 0 rings (SSSR count). The van der Waals surface area contributed by atoms with E-state index in [1.54, 1.807) is 32.8 Å². The second kappa shape index (κ2) is 6.34. The number of nitrogens with zero attached hydrogens (tertiary/aromatic N) is 2. The zero-order chi connectivity index (χ0) is 13.0. The molecule has 0 bridgehead atoms. The summed E-state index contributed by atoms with van der Waals surface area (Å²) < 4.78 is 27.8. The van der Waals surface area contributed by atoms with Crippen LogP contribution in [0.15, 0.2) is 0 Å². The average molecular weight is 277 g/mol. The Bertz CT molecular complexity index is 209. The van der Waals surface area contributed by atoms with Crippen molar-refractivity contribution in [1.82, 2.24) is 8.84 Å². The van der Waals surface area contributed by atoms with Gasteiger partial charge < -0.3 is 4.90 Å². The summed E-state index contributed by atoms with van der Waals surface area (Å²) in [6, 6.07) is 0. The van der Waals surface area contributed by atoms with Crippen molar-refractivity contribution in [3.05, 3.63) is 0 Å². The highest BCUT2D eigenvalue weighted by molar-refractivity contribution is 6.34. The lowest BCUT2D eigenvalue weighted by molar-refractivity contribution is -0.0291.